The average molecular weight is 364 g/mol. The number of nitrogens with one attached hydrogen (secondary N) is 2. The Morgan fingerprint density at radius 3 is 3.00 bits per heavy atom. The summed E-state index contributed by atoms with van der Waals surface area (Å²) < 4.78 is 15.3. The molecule has 0 aliphatic rings. The molecule has 0 saturated carbocycles. The van der Waals surface area contributed by atoms with Crippen molar-refractivity contribution in [1.82, 2.24) is 20.0 Å². The molecule has 3 aromatic rings. The summed E-state index contributed by atoms with van der Waals surface area (Å²) in [6, 6.07) is 7.96. The highest BCUT2D eigenvalue weighted by Gasteiger charge is 2.13. The van der Waals surface area contributed by atoms with Gasteiger partial charge >= 0.3 is 0 Å². The molecule has 0 radical (unpaired) electrons. The van der Waals surface area contributed by atoms with Gasteiger partial charge in [-0.25, -0.2) is 4.39 Å². The molecule has 2 aromatic heterocycles. The zero-order valence-corrected chi connectivity index (χ0v) is 12.8. The number of rotatable bonds is 4. The van der Waals surface area contributed by atoms with E-state index in [1.165, 1.54) is 18.3 Å². The van der Waals surface area contributed by atoms with Gasteiger partial charge in [-0.3, -0.25) is 14.6 Å². The van der Waals surface area contributed by atoms with E-state index < -0.39 is 0 Å². The summed E-state index contributed by atoms with van der Waals surface area (Å²) in [5, 5.41) is 13.2. The molecule has 6 nitrogen and oxygen atoms in total. The van der Waals surface area contributed by atoms with Crippen LogP contribution in [0.25, 0.3) is 0 Å². The van der Waals surface area contributed by atoms with Crippen LogP contribution in [-0.2, 0) is 6.54 Å². The van der Waals surface area contributed by atoms with Crippen LogP contribution in [-0.4, -0.2) is 25.9 Å². The number of benzene rings is 1. The summed E-state index contributed by atoms with van der Waals surface area (Å²) in [5.41, 5.74) is 1.11. The Balaban J connectivity index is 1.69. The Morgan fingerprint density at radius 1 is 1.41 bits per heavy atom. The fourth-order valence-corrected chi connectivity index (χ4v) is 2.32. The predicted molar refractivity (Wildman–Crippen MR) is 82.0 cm³/mol. The Kier molecular flexibility index (Phi) is 4.01. The third-order valence-corrected chi connectivity index (χ3v) is 3.54. The molecule has 0 aliphatic heterocycles. The van der Waals surface area contributed by atoms with Crippen molar-refractivity contribution in [1.29, 1.82) is 0 Å². The van der Waals surface area contributed by atoms with Crippen molar-refractivity contribution < 1.29 is 9.18 Å². The standard InChI is InChI=1S/C14H11BrFN5O/c15-11-7-17-19-13(11)14(22)18-12-4-5-21(20-12)8-9-2-1-3-10(16)6-9/h1-7H,8H2,(H,17,19)(H,18,20,22). The number of amides is 1. The number of aromatic nitrogens is 4. The number of hydrogen-bond donors (Lipinski definition) is 2. The highest BCUT2D eigenvalue weighted by atomic mass is 79.9. The number of nitrogens with zero attached hydrogens (tertiary/aromatic N) is 3. The molecular weight excluding hydrogens is 353 g/mol. The second kappa shape index (κ2) is 6.10. The van der Waals surface area contributed by atoms with Crippen LogP contribution in [0.1, 0.15) is 16.1 Å². The van der Waals surface area contributed by atoms with Crippen molar-refractivity contribution >= 4 is 27.7 Å². The van der Waals surface area contributed by atoms with E-state index in [4.69, 9.17) is 0 Å². The highest BCUT2D eigenvalue weighted by Crippen LogP contribution is 2.14. The predicted octanol–water partition coefficient (Wildman–Crippen LogP) is 2.81. The van der Waals surface area contributed by atoms with E-state index >= 15 is 0 Å². The second-order valence-electron chi connectivity index (χ2n) is 4.58. The topological polar surface area (TPSA) is 75.6 Å². The Morgan fingerprint density at radius 2 is 2.27 bits per heavy atom. The minimum atomic E-state index is -0.347. The van der Waals surface area contributed by atoms with E-state index in [1.54, 1.807) is 23.0 Å². The third kappa shape index (κ3) is 3.22. The zero-order chi connectivity index (χ0) is 15.5. The first-order valence-electron chi connectivity index (χ1n) is 6.40. The van der Waals surface area contributed by atoms with Gasteiger partial charge in [-0.15, -0.1) is 0 Å². The Bertz CT molecular complexity index is 813. The molecule has 0 spiro atoms. The van der Waals surface area contributed by atoms with Crippen LogP contribution in [0.4, 0.5) is 10.2 Å². The number of carbonyl (C=O) groups is 1. The van der Waals surface area contributed by atoms with Gasteiger partial charge in [0.15, 0.2) is 5.82 Å². The first-order chi connectivity index (χ1) is 10.6. The van der Waals surface area contributed by atoms with Gasteiger partial charge in [0.2, 0.25) is 0 Å². The first-order valence-corrected chi connectivity index (χ1v) is 7.19. The maximum atomic E-state index is 13.1. The Hall–Kier alpha value is -2.48. The molecule has 8 heteroatoms. The van der Waals surface area contributed by atoms with Gasteiger partial charge in [0.25, 0.3) is 5.91 Å². The van der Waals surface area contributed by atoms with E-state index in [9.17, 15) is 9.18 Å². The monoisotopic (exact) mass is 363 g/mol. The fraction of sp³-hybridized carbons (Fsp3) is 0.0714. The summed E-state index contributed by atoms with van der Waals surface area (Å²) in [6.07, 6.45) is 3.21. The van der Waals surface area contributed by atoms with Gasteiger partial charge < -0.3 is 5.32 Å². The van der Waals surface area contributed by atoms with Crippen molar-refractivity contribution in [2.24, 2.45) is 0 Å². The number of hydrogen-bond acceptors (Lipinski definition) is 3. The van der Waals surface area contributed by atoms with Gasteiger partial charge in [0, 0.05) is 12.3 Å². The molecule has 1 amide bonds. The maximum Gasteiger partial charge on any atom is 0.276 e. The molecule has 22 heavy (non-hydrogen) atoms. The van der Waals surface area contributed by atoms with Crippen LogP contribution in [0, 0.1) is 5.82 Å². The van der Waals surface area contributed by atoms with Crippen LogP contribution < -0.4 is 5.32 Å². The third-order valence-electron chi connectivity index (χ3n) is 2.94. The first kappa shape index (κ1) is 14.5. The SMILES string of the molecule is O=C(Nc1ccn(Cc2cccc(F)c2)n1)c1[nH]ncc1Br. The van der Waals surface area contributed by atoms with Crippen LogP contribution in [0.15, 0.2) is 47.2 Å². The number of carbonyl (C=O) groups excluding carboxylic acids is 1. The minimum absolute atomic E-state index is 0.290. The van der Waals surface area contributed by atoms with Gasteiger partial charge in [-0.2, -0.15) is 10.2 Å². The molecule has 0 fully saturated rings. The van der Waals surface area contributed by atoms with Gasteiger partial charge in [-0.05, 0) is 33.6 Å². The molecule has 1 aromatic carbocycles. The lowest BCUT2D eigenvalue weighted by atomic mass is 10.2. The van der Waals surface area contributed by atoms with Crippen LogP contribution in [0.3, 0.4) is 0 Å². The van der Waals surface area contributed by atoms with E-state index in [0.717, 1.165) is 5.56 Å². The summed E-state index contributed by atoms with van der Waals surface area (Å²) in [6.45, 7) is 0.418. The van der Waals surface area contributed by atoms with Crippen molar-refractivity contribution in [2.45, 2.75) is 6.54 Å². The average Bonchev–Trinajstić information content (AvgIpc) is 3.08. The van der Waals surface area contributed by atoms with Crippen molar-refractivity contribution in [3.05, 3.63) is 64.3 Å². The normalized spacial score (nSPS) is 10.6. The van der Waals surface area contributed by atoms with E-state index in [0.29, 0.717) is 22.5 Å². The summed E-state index contributed by atoms with van der Waals surface area (Å²) >= 11 is 3.22. The molecule has 0 atom stereocenters. The zero-order valence-electron chi connectivity index (χ0n) is 11.3. The van der Waals surface area contributed by atoms with E-state index in [1.807, 2.05) is 6.07 Å². The van der Waals surface area contributed by atoms with Gasteiger partial charge in [0.05, 0.1) is 17.2 Å². The smallest absolute Gasteiger partial charge is 0.276 e. The number of halogens is 2. The molecule has 0 aliphatic carbocycles. The number of anilines is 1. The molecular formula is C14H11BrFN5O. The molecule has 0 unspecified atom stereocenters. The fourth-order valence-electron chi connectivity index (χ4n) is 1.95. The minimum Gasteiger partial charge on any atom is -0.304 e. The van der Waals surface area contributed by atoms with Gasteiger partial charge in [-0.1, -0.05) is 12.1 Å². The molecule has 0 saturated heterocycles. The van der Waals surface area contributed by atoms with E-state index in [-0.39, 0.29) is 11.7 Å². The van der Waals surface area contributed by atoms with Crippen molar-refractivity contribution in [3.8, 4) is 0 Å². The van der Waals surface area contributed by atoms with Crippen LogP contribution in [0.5, 0.6) is 0 Å². The van der Waals surface area contributed by atoms with Crippen LogP contribution in [0.2, 0.25) is 0 Å². The summed E-state index contributed by atoms with van der Waals surface area (Å²) in [4.78, 5) is 12.0. The molecule has 2 heterocycles. The molecule has 2 N–H and O–H groups in total. The van der Waals surface area contributed by atoms with Gasteiger partial charge in [0.1, 0.15) is 11.5 Å². The van der Waals surface area contributed by atoms with Crippen molar-refractivity contribution in [2.75, 3.05) is 5.32 Å². The van der Waals surface area contributed by atoms with Crippen LogP contribution >= 0.6 is 15.9 Å². The molecule has 112 valence electrons. The lowest BCUT2D eigenvalue weighted by molar-refractivity contribution is 0.102. The lowest BCUT2D eigenvalue weighted by Gasteiger charge is -2.02. The van der Waals surface area contributed by atoms with E-state index in [2.05, 4.69) is 36.5 Å². The quantitative estimate of drug-likeness (QED) is 0.748. The summed E-state index contributed by atoms with van der Waals surface area (Å²) in [7, 11) is 0. The summed E-state index contributed by atoms with van der Waals surface area (Å²) in [5.74, 6) is -0.231. The number of aromatic amines is 1. The largest absolute Gasteiger partial charge is 0.304 e. The lowest BCUT2D eigenvalue weighted by Crippen LogP contribution is -2.14. The number of H-pyrrole nitrogens is 1. The second-order valence-corrected chi connectivity index (χ2v) is 5.43. The van der Waals surface area contributed by atoms with Crippen molar-refractivity contribution in [3.63, 3.8) is 0 Å². The maximum absolute atomic E-state index is 13.1. The Labute approximate surface area is 133 Å². The highest BCUT2D eigenvalue weighted by molar-refractivity contribution is 9.10. The molecule has 3 rings (SSSR count). The molecule has 0 bridgehead atoms.